The Labute approximate surface area is 159 Å². The highest BCUT2D eigenvalue weighted by Gasteiger charge is 2.24. The number of benzene rings is 1. The summed E-state index contributed by atoms with van der Waals surface area (Å²) in [6.07, 6.45) is 3.14. The van der Waals surface area contributed by atoms with Crippen LogP contribution in [0.1, 0.15) is 43.0 Å². The number of amides is 3. The molecule has 1 heterocycles. The largest absolute Gasteiger partial charge is 0.356 e. The normalized spacial score (nSPS) is 14.2. The van der Waals surface area contributed by atoms with E-state index in [1.165, 1.54) is 6.92 Å². The third-order valence-electron chi connectivity index (χ3n) is 4.45. The van der Waals surface area contributed by atoms with Crippen LogP contribution in [0.15, 0.2) is 24.3 Å². The Kier molecular flexibility index (Phi) is 7.91. The number of unbranched alkanes of at least 4 members (excludes halogenated alkanes) is 2. The molecule has 0 aromatic heterocycles. The molecule has 142 valence electrons. The van der Waals surface area contributed by atoms with Gasteiger partial charge in [-0.1, -0.05) is 18.0 Å². The summed E-state index contributed by atoms with van der Waals surface area (Å²) >= 11 is 5.85. The standard InChI is InChI=1S/C19H26ClN3O3/c1-15(24)21-10-4-2-3-5-18(25)22-11-13-23(14-12-22)19(26)16-6-8-17(20)9-7-16/h6-9H,2-5,10-14H2,1H3,(H,21,24). The quantitative estimate of drug-likeness (QED) is 0.739. The first kappa shape index (κ1) is 20.2. The van der Waals surface area contributed by atoms with Crippen LogP contribution in [0, 0.1) is 0 Å². The Bertz CT molecular complexity index is 625. The summed E-state index contributed by atoms with van der Waals surface area (Å²) in [7, 11) is 0. The Balaban J connectivity index is 1.67. The van der Waals surface area contributed by atoms with Crippen LogP contribution in [0.3, 0.4) is 0 Å². The van der Waals surface area contributed by atoms with E-state index < -0.39 is 0 Å². The highest BCUT2D eigenvalue weighted by molar-refractivity contribution is 6.30. The van der Waals surface area contributed by atoms with E-state index in [1.807, 2.05) is 4.90 Å². The molecule has 0 spiro atoms. The van der Waals surface area contributed by atoms with Crippen molar-refractivity contribution in [1.29, 1.82) is 0 Å². The van der Waals surface area contributed by atoms with Crippen LogP contribution >= 0.6 is 11.6 Å². The average Bonchev–Trinajstić information content (AvgIpc) is 2.64. The maximum atomic E-state index is 12.5. The zero-order valence-corrected chi connectivity index (χ0v) is 15.9. The van der Waals surface area contributed by atoms with E-state index in [4.69, 9.17) is 11.6 Å². The van der Waals surface area contributed by atoms with Crippen LogP contribution < -0.4 is 5.32 Å². The van der Waals surface area contributed by atoms with Gasteiger partial charge in [-0.3, -0.25) is 14.4 Å². The summed E-state index contributed by atoms with van der Waals surface area (Å²) in [4.78, 5) is 39.1. The number of nitrogens with zero attached hydrogens (tertiary/aromatic N) is 2. The predicted octanol–water partition coefficient (Wildman–Crippen LogP) is 2.32. The number of piperazine rings is 1. The molecule has 1 aromatic carbocycles. The lowest BCUT2D eigenvalue weighted by atomic mass is 10.1. The lowest BCUT2D eigenvalue weighted by molar-refractivity contribution is -0.132. The molecular weight excluding hydrogens is 354 g/mol. The van der Waals surface area contributed by atoms with E-state index >= 15 is 0 Å². The van der Waals surface area contributed by atoms with Crippen molar-refractivity contribution in [3.8, 4) is 0 Å². The molecular formula is C19H26ClN3O3. The second-order valence-electron chi connectivity index (χ2n) is 6.47. The van der Waals surface area contributed by atoms with E-state index in [2.05, 4.69) is 5.32 Å². The highest BCUT2D eigenvalue weighted by Crippen LogP contribution is 2.14. The zero-order valence-electron chi connectivity index (χ0n) is 15.2. The monoisotopic (exact) mass is 379 g/mol. The summed E-state index contributed by atoms with van der Waals surface area (Å²) in [6, 6.07) is 6.87. The van der Waals surface area contributed by atoms with Gasteiger partial charge in [0.1, 0.15) is 0 Å². The fourth-order valence-corrected chi connectivity index (χ4v) is 3.06. The second kappa shape index (κ2) is 10.2. The number of carbonyl (C=O) groups excluding carboxylic acids is 3. The molecule has 3 amide bonds. The molecule has 26 heavy (non-hydrogen) atoms. The van der Waals surface area contributed by atoms with Gasteiger partial charge in [-0.05, 0) is 37.1 Å². The van der Waals surface area contributed by atoms with Gasteiger partial charge in [0.25, 0.3) is 5.91 Å². The van der Waals surface area contributed by atoms with Gasteiger partial charge in [-0.15, -0.1) is 0 Å². The molecule has 1 aromatic rings. The molecule has 7 heteroatoms. The topological polar surface area (TPSA) is 69.7 Å². The minimum atomic E-state index is -0.0215. The number of halogens is 1. The van der Waals surface area contributed by atoms with Crippen molar-refractivity contribution < 1.29 is 14.4 Å². The molecule has 2 rings (SSSR count). The Morgan fingerprint density at radius 3 is 2.19 bits per heavy atom. The summed E-state index contributed by atoms with van der Waals surface area (Å²) < 4.78 is 0. The minimum absolute atomic E-state index is 0.0212. The molecule has 6 nitrogen and oxygen atoms in total. The summed E-state index contributed by atoms with van der Waals surface area (Å²) in [5.41, 5.74) is 0.619. The van der Waals surface area contributed by atoms with Crippen LogP contribution in [-0.2, 0) is 9.59 Å². The van der Waals surface area contributed by atoms with Gasteiger partial charge in [-0.2, -0.15) is 0 Å². The van der Waals surface area contributed by atoms with Crippen LogP contribution in [0.4, 0.5) is 0 Å². The van der Waals surface area contributed by atoms with Crippen molar-refractivity contribution in [1.82, 2.24) is 15.1 Å². The molecule has 1 fully saturated rings. The average molecular weight is 380 g/mol. The van der Waals surface area contributed by atoms with Crippen molar-refractivity contribution >= 4 is 29.3 Å². The fraction of sp³-hybridized carbons (Fsp3) is 0.526. The molecule has 0 unspecified atom stereocenters. The smallest absolute Gasteiger partial charge is 0.253 e. The molecule has 1 aliphatic rings. The van der Waals surface area contributed by atoms with E-state index in [-0.39, 0.29) is 17.7 Å². The number of hydrogen-bond donors (Lipinski definition) is 1. The summed E-state index contributed by atoms with van der Waals surface area (Å²) in [6.45, 7) is 4.41. The number of carbonyl (C=O) groups is 3. The number of rotatable bonds is 7. The number of hydrogen-bond acceptors (Lipinski definition) is 3. The van der Waals surface area contributed by atoms with Crippen molar-refractivity contribution in [2.75, 3.05) is 32.7 Å². The minimum Gasteiger partial charge on any atom is -0.356 e. The summed E-state index contributed by atoms with van der Waals surface area (Å²) in [5, 5.41) is 3.36. The molecule has 1 aliphatic heterocycles. The second-order valence-corrected chi connectivity index (χ2v) is 6.91. The number of nitrogens with one attached hydrogen (secondary N) is 1. The first-order valence-electron chi connectivity index (χ1n) is 9.04. The van der Waals surface area contributed by atoms with Crippen LogP contribution in [-0.4, -0.2) is 60.2 Å². The maximum Gasteiger partial charge on any atom is 0.253 e. The van der Waals surface area contributed by atoms with E-state index in [0.717, 1.165) is 19.3 Å². The van der Waals surface area contributed by atoms with E-state index in [9.17, 15) is 14.4 Å². The summed E-state index contributed by atoms with van der Waals surface area (Å²) in [5.74, 6) is 0.0990. The Morgan fingerprint density at radius 1 is 0.962 bits per heavy atom. The lowest BCUT2D eigenvalue weighted by Crippen LogP contribution is -2.50. The Hall–Kier alpha value is -2.08. The fourth-order valence-electron chi connectivity index (χ4n) is 2.93. The Morgan fingerprint density at radius 2 is 1.58 bits per heavy atom. The van der Waals surface area contributed by atoms with Crippen molar-refractivity contribution in [3.05, 3.63) is 34.9 Å². The van der Waals surface area contributed by atoms with Crippen LogP contribution in [0.25, 0.3) is 0 Å². The molecule has 1 saturated heterocycles. The molecule has 0 atom stereocenters. The van der Waals surface area contributed by atoms with Crippen LogP contribution in [0.5, 0.6) is 0 Å². The van der Waals surface area contributed by atoms with Gasteiger partial charge in [-0.25, -0.2) is 0 Å². The van der Waals surface area contributed by atoms with Gasteiger partial charge < -0.3 is 15.1 Å². The van der Waals surface area contributed by atoms with Crippen molar-refractivity contribution in [2.24, 2.45) is 0 Å². The maximum absolute atomic E-state index is 12.5. The first-order valence-corrected chi connectivity index (χ1v) is 9.42. The lowest BCUT2D eigenvalue weighted by Gasteiger charge is -2.35. The van der Waals surface area contributed by atoms with Gasteiger partial charge >= 0.3 is 0 Å². The van der Waals surface area contributed by atoms with E-state index in [1.54, 1.807) is 29.2 Å². The first-order chi connectivity index (χ1) is 12.5. The molecule has 0 radical (unpaired) electrons. The third-order valence-corrected chi connectivity index (χ3v) is 4.70. The molecule has 0 aliphatic carbocycles. The van der Waals surface area contributed by atoms with Gasteiger partial charge in [0.15, 0.2) is 0 Å². The van der Waals surface area contributed by atoms with E-state index in [0.29, 0.717) is 49.7 Å². The van der Waals surface area contributed by atoms with Gasteiger partial charge in [0.2, 0.25) is 11.8 Å². The van der Waals surface area contributed by atoms with Crippen molar-refractivity contribution in [3.63, 3.8) is 0 Å². The molecule has 0 saturated carbocycles. The predicted molar refractivity (Wildman–Crippen MR) is 101 cm³/mol. The van der Waals surface area contributed by atoms with Gasteiger partial charge in [0, 0.05) is 56.7 Å². The molecule has 1 N–H and O–H groups in total. The zero-order chi connectivity index (χ0) is 18.9. The third kappa shape index (κ3) is 6.33. The van der Waals surface area contributed by atoms with Gasteiger partial charge in [0.05, 0.1) is 0 Å². The highest BCUT2D eigenvalue weighted by atomic mass is 35.5. The SMILES string of the molecule is CC(=O)NCCCCCC(=O)N1CCN(C(=O)c2ccc(Cl)cc2)CC1. The van der Waals surface area contributed by atoms with Crippen LogP contribution in [0.2, 0.25) is 5.02 Å². The van der Waals surface area contributed by atoms with Crippen molar-refractivity contribution in [2.45, 2.75) is 32.6 Å². The molecule has 0 bridgehead atoms.